The van der Waals surface area contributed by atoms with E-state index in [1.807, 2.05) is 60.7 Å². The molecule has 0 unspecified atom stereocenters. The maximum atomic E-state index is 12.2. The molecule has 1 saturated heterocycles. The number of benzene rings is 2. The molecule has 1 aliphatic heterocycles. The SMILES string of the molecule is O=C(/C=C/C(=O)OCC(CCN1CCOCC1)COC(=O)/C=C/C(=O)OCc1ccccc1)OCc1ccccc1. The predicted octanol–water partition coefficient (Wildman–Crippen LogP) is 3.01. The molecule has 0 N–H and O–H groups in total. The summed E-state index contributed by atoms with van der Waals surface area (Å²) >= 11 is 0. The smallest absolute Gasteiger partial charge is 0.331 e. The highest BCUT2D eigenvalue weighted by atomic mass is 16.6. The molecule has 1 heterocycles. The summed E-state index contributed by atoms with van der Waals surface area (Å²) in [5.74, 6) is -3.08. The lowest BCUT2D eigenvalue weighted by molar-refractivity contribution is -0.145. The van der Waals surface area contributed by atoms with Crippen LogP contribution in [0.2, 0.25) is 0 Å². The van der Waals surface area contributed by atoms with Crippen molar-refractivity contribution in [1.82, 2.24) is 4.90 Å². The lowest BCUT2D eigenvalue weighted by Crippen LogP contribution is -2.38. The number of rotatable bonds is 15. The van der Waals surface area contributed by atoms with Gasteiger partial charge in [-0.15, -0.1) is 0 Å². The topological polar surface area (TPSA) is 118 Å². The fraction of sp³-hybridized carbons (Fsp3) is 0.355. The van der Waals surface area contributed by atoms with E-state index in [1.54, 1.807) is 0 Å². The second kappa shape index (κ2) is 18.1. The summed E-state index contributed by atoms with van der Waals surface area (Å²) in [4.78, 5) is 50.4. The molecule has 1 aliphatic rings. The minimum atomic E-state index is -0.717. The van der Waals surface area contributed by atoms with E-state index >= 15 is 0 Å². The maximum Gasteiger partial charge on any atom is 0.331 e. The van der Waals surface area contributed by atoms with Crippen LogP contribution in [-0.4, -0.2) is 74.8 Å². The van der Waals surface area contributed by atoms with Crippen molar-refractivity contribution in [1.29, 1.82) is 0 Å². The molecule has 10 heteroatoms. The molecule has 1 fully saturated rings. The van der Waals surface area contributed by atoms with Gasteiger partial charge in [-0.05, 0) is 24.1 Å². The molecule has 10 nitrogen and oxygen atoms in total. The first-order chi connectivity index (χ1) is 20.0. The first kappa shape index (κ1) is 31.3. The van der Waals surface area contributed by atoms with Crippen molar-refractivity contribution in [2.24, 2.45) is 5.92 Å². The number of carbonyl (C=O) groups is 4. The van der Waals surface area contributed by atoms with Gasteiger partial charge in [-0.1, -0.05) is 60.7 Å². The summed E-state index contributed by atoms with van der Waals surface area (Å²) in [7, 11) is 0. The molecule has 3 rings (SSSR count). The van der Waals surface area contributed by atoms with Gasteiger partial charge in [-0.3, -0.25) is 4.90 Å². The zero-order valence-electron chi connectivity index (χ0n) is 22.9. The Balaban J connectivity index is 1.42. The van der Waals surface area contributed by atoms with Gasteiger partial charge >= 0.3 is 23.9 Å². The Bertz CT molecular complexity index is 1080. The number of nitrogens with zero attached hydrogens (tertiary/aromatic N) is 1. The van der Waals surface area contributed by atoms with Gasteiger partial charge in [0.25, 0.3) is 0 Å². The first-order valence-electron chi connectivity index (χ1n) is 13.4. The summed E-state index contributed by atoms with van der Waals surface area (Å²) in [5.41, 5.74) is 1.65. The van der Waals surface area contributed by atoms with Gasteiger partial charge in [-0.25, -0.2) is 19.2 Å². The van der Waals surface area contributed by atoms with Gasteiger partial charge < -0.3 is 23.7 Å². The average Bonchev–Trinajstić information content (AvgIpc) is 3.01. The van der Waals surface area contributed by atoms with Crippen LogP contribution in [0, 0.1) is 5.92 Å². The molecule has 0 radical (unpaired) electrons. The second-order valence-electron chi connectivity index (χ2n) is 9.22. The quantitative estimate of drug-likeness (QED) is 0.181. The highest BCUT2D eigenvalue weighted by molar-refractivity contribution is 5.92. The fourth-order valence-corrected chi connectivity index (χ4v) is 3.73. The minimum Gasteiger partial charge on any atom is -0.462 e. The van der Waals surface area contributed by atoms with E-state index in [-0.39, 0.29) is 32.3 Å². The summed E-state index contributed by atoms with van der Waals surface area (Å²) < 4.78 is 26.2. The molecule has 218 valence electrons. The molecule has 0 bridgehead atoms. The summed E-state index contributed by atoms with van der Waals surface area (Å²) in [6.07, 6.45) is 4.61. The molecule has 0 spiro atoms. The van der Waals surface area contributed by atoms with Crippen LogP contribution in [0.15, 0.2) is 85.0 Å². The van der Waals surface area contributed by atoms with Gasteiger partial charge in [0.05, 0.1) is 26.4 Å². The third-order valence-electron chi connectivity index (χ3n) is 6.04. The molecule has 2 aromatic rings. The van der Waals surface area contributed by atoms with E-state index in [4.69, 9.17) is 23.7 Å². The van der Waals surface area contributed by atoms with Crippen molar-refractivity contribution in [2.75, 3.05) is 46.1 Å². The van der Waals surface area contributed by atoms with Crippen LogP contribution in [0.5, 0.6) is 0 Å². The van der Waals surface area contributed by atoms with Crippen LogP contribution in [0.25, 0.3) is 0 Å². The lowest BCUT2D eigenvalue weighted by Gasteiger charge is -2.28. The standard InChI is InChI=1S/C31H35NO9/c33-28(38-21-25-7-3-1-4-8-25)11-13-30(35)40-23-27(15-16-32-17-19-37-20-18-32)24-41-31(36)14-12-29(34)39-22-26-9-5-2-6-10-26/h1-14,27H,15-24H2/b13-11+,14-12+. The van der Waals surface area contributed by atoms with Gasteiger partial charge in [0.15, 0.2) is 0 Å². The summed E-state index contributed by atoms with van der Waals surface area (Å²) in [6.45, 7) is 3.69. The molecule has 0 saturated carbocycles. The van der Waals surface area contributed by atoms with Crippen LogP contribution < -0.4 is 0 Å². The zero-order chi connectivity index (χ0) is 29.1. The van der Waals surface area contributed by atoms with Crippen molar-refractivity contribution in [3.05, 3.63) is 96.1 Å². The third-order valence-corrected chi connectivity index (χ3v) is 6.04. The van der Waals surface area contributed by atoms with E-state index in [2.05, 4.69) is 4.90 Å². The Labute approximate surface area is 239 Å². The van der Waals surface area contributed by atoms with Gasteiger partial charge in [0.1, 0.15) is 13.2 Å². The molecule has 0 aliphatic carbocycles. The van der Waals surface area contributed by atoms with Crippen LogP contribution in [0.4, 0.5) is 0 Å². The Morgan fingerprint density at radius 2 is 1.07 bits per heavy atom. The average molecular weight is 566 g/mol. The number of carbonyl (C=O) groups excluding carboxylic acids is 4. The fourth-order valence-electron chi connectivity index (χ4n) is 3.73. The largest absolute Gasteiger partial charge is 0.462 e. The van der Waals surface area contributed by atoms with Crippen molar-refractivity contribution in [3.63, 3.8) is 0 Å². The number of esters is 4. The highest BCUT2D eigenvalue weighted by Gasteiger charge is 2.17. The summed E-state index contributed by atoms with van der Waals surface area (Å²) in [6, 6.07) is 18.3. The van der Waals surface area contributed by atoms with E-state index in [1.165, 1.54) is 0 Å². The second-order valence-corrected chi connectivity index (χ2v) is 9.22. The van der Waals surface area contributed by atoms with Crippen molar-refractivity contribution < 1.29 is 42.9 Å². The number of morpholine rings is 1. The third kappa shape index (κ3) is 13.6. The van der Waals surface area contributed by atoms with Crippen LogP contribution >= 0.6 is 0 Å². The van der Waals surface area contributed by atoms with Gasteiger partial charge in [-0.2, -0.15) is 0 Å². The van der Waals surface area contributed by atoms with Crippen LogP contribution in [0.3, 0.4) is 0 Å². The van der Waals surface area contributed by atoms with Crippen molar-refractivity contribution >= 4 is 23.9 Å². The maximum absolute atomic E-state index is 12.2. The molecule has 0 amide bonds. The van der Waals surface area contributed by atoms with E-state index in [9.17, 15) is 19.2 Å². The lowest BCUT2D eigenvalue weighted by atomic mass is 10.1. The number of hydrogen-bond acceptors (Lipinski definition) is 10. The Morgan fingerprint density at radius 1 is 0.659 bits per heavy atom. The normalized spacial score (nSPS) is 13.8. The first-order valence-corrected chi connectivity index (χ1v) is 13.4. The Hall–Kier alpha value is -4.28. The van der Waals surface area contributed by atoms with Gasteiger partial charge in [0, 0.05) is 43.3 Å². The van der Waals surface area contributed by atoms with E-state index < -0.39 is 23.9 Å². The molecule has 0 aromatic heterocycles. The molecule has 2 aromatic carbocycles. The minimum absolute atomic E-state index is 0.0251. The number of hydrogen-bond donors (Lipinski definition) is 0. The monoisotopic (exact) mass is 565 g/mol. The Kier molecular flexibility index (Phi) is 13.8. The molecular formula is C31H35NO9. The van der Waals surface area contributed by atoms with Crippen molar-refractivity contribution in [2.45, 2.75) is 19.6 Å². The highest BCUT2D eigenvalue weighted by Crippen LogP contribution is 2.10. The predicted molar refractivity (Wildman–Crippen MR) is 148 cm³/mol. The van der Waals surface area contributed by atoms with E-state index in [0.29, 0.717) is 26.2 Å². The molecular weight excluding hydrogens is 530 g/mol. The van der Waals surface area contributed by atoms with Crippen molar-refractivity contribution in [3.8, 4) is 0 Å². The van der Waals surface area contributed by atoms with Crippen LogP contribution in [0.1, 0.15) is 17.5 Å². The Morgan fingerprint density at radius 3 is 1.51 bits per heavy atom. The van der Waals surface area contributed by atoms with E-state index in [0.717, 1.165) is 48.5 Å². The molecule has 0 atom stereocenters. The van der Waals surface area contributed by atoms with Gasteiger partial charge in [0.2, 0.25) is 0 Å². The summed E-state index contributed by atoms with van der Waals surface area (Å²) in [5, 5.41) is 0. The number of ether oxygens (including phenoxy) is 5. The molecule has 41 heavy (non-hydrogen) atoms. The zero-order valence-corrected chi connectivity index (χ0v) is 22.9. The van der Waals surface area contributed by atoms with Crippen LogP contribution in [-0.2, 0) is 56.1 Å².